The van der Waals surface area contributed by atoms with Gasteiger partial charge in [-0.25, -0.2) is 0 Å². The summed E-state index contributed by atoms with van der Waals surface area (Å²) in [5.74, 6) is -0.782. The molecule has 3 amide bonds. The topological polar surface area (TPSA) is 69.7 Å². The molecule has 25 heavy (non-hydrogen) atoms. The summed E-state index contributed by atoms with van der Waals surface area (Å²) in [4.78, 5) is 39.9. The minimum Gasteiger partial charge on any atom is -0.350 e. The maximum Gasteiger partial charge on any atom is 0.256 e. The molecule has 0 fully saturated rings. The van der Waals surface area contributed by atoms with Gasteiger partial charge in [-0.15, -0.1) is 0 Å². The minimum absolute atomic E-state index is 0.0561. The van der Waals surface area contributed by atoms with Crippen molar-refractivity contribution < 1.29 is 14.4 Å². The minimum atomic E-state index is -0.282. The monoisotopic (exact) mass is 337 g/mol. The van der Waals surface area contributed by atoms with E-state index in [9.17, 15) is 14.4 Å². The van der Waals surface area contributed by atoms with E-state index in [1.165, 1.54) is 9.80 Å². The van der Waals surface area contributed by atoms with Crippen molar-refractivity contribution in [3.05, 3.63) is 65.7 Å². The molecule has 0 unspecified atom stereocenters. The number of hydrogen-bond acceptors (Lipinski definition) is 3. The quantitative estimate of drug-likeness (QED) is 0.917. The number of hydrogen-bond donors (Lipinski definition) is 1. The Hall–Kier alpha value is -3.15. The number of anilines is 1. The van der Waals surface area contributed by atoms with Crippen molar-refractivity contribution >= 4 is 23.4 Å². The summed E-state index contributed by atoms with van der Waals surface area (Å²) in [6.45, 7) is 0.214. The Labute approximate surface area is 146 Å². The zero-order valence-corrected chi connectivity index (χ0v) is 13.9. The molecule has 2 aromatic rings. The Morgan fingerprint density at radius 1 is 1.04 bits per heavy atom. The van der Waals surface area contributed by atoms with Crippen LogP contribution in [0.25, 0.3) is 0 Å². The van der Waals surface area contributed by atoms with Crippen molar-refractivity contribution in [1.29, 1.82) is 0 Å². The molecule has 0 spiro atoms. The van der Waals surface area contributed by atoms with Crippen LogP contribution in [0.2, 0.25) is 0 Å². The van der Waals surface area contributed by atoms with E-state index in [0.29, 0.717) is 17.8 Å². The number of fused-ring (bicyclic) bond motifs is 1. The van der Waals surface area contributed by atoms with Crippen molar-refractivity contribution in [2.75, 3.05) is 25.0 Å². The third-order valence-corrected chi connectivity index (χ3v) is 4.08. The van der Waals surface area contributed by atoms with Crippen LogP contribution < -0.4 is 10.2 Å². The van der Waals surface area contributed by atoms with Gasteiger partial charge in [-0.1, -0.05) is 42.5 Å². The van der Waals surface area contributed by atoms with Crippen molar-refractivity contribution in [1.82, 2.24) is 10.2 Å². The lowest BCUT2D eigenvalue weighted by Gasteiger charge is -2.21. The van der Waals surface area contributed by atoms with Gasteiger partial charge < -0.3 is 15.1 Å². The molecule has 128 valence electrons. The Bertz CT molecular complexity index is 805. The molecule has 0 atom stereocenters. The van der Waals surface area contributed by atoms with E-state index in [1.807, 2.05) is 30.3 Å². The average Bonchev–Trinajstić information content (AvgIpc) is 2.72. The number of carbonyl (C=O) groups is 3. The van der Waals surface area contributed by atoms with E-state index >= 15 is 0 Å². The first kappa shape index (κ1) is 16.7. The largest absolute Gasteiger partial charge is 0.350 e. The van der Waals surface area contributed by atoms with E-state index < -0.39 is 0 Å². The fourth-order valence-corrected chi connectivity index (χ4v) is 2.76. The van der Waals surface area contributed by atoms with Gasteiger partial charge in [-0.05, 0) is 17.7 Å². The maximum absolute atomic E-state index is 12.5. The molecule has 1 aliphatic rings. The van der Waals surface area contributed by atoms with Gasteiger partial charge in [0.2, 0.25) is 11.8 Å². The molecule has 6 heteroatoms. The highest BCUT2D eigenvalue weighted by atomic mass is 16.2. The van der Waals surface area contributed by atoms with Crippen LogP contribution in [-0.2, 0) is 16.1 Å². The van der Waals surface area contributed by atoms with Crippen molar-refractivity contribution in [3.63, 3.8) is 0 Å². The number of benzene rings is 2. The van der Waals surface area contributed by atoms with E-state index in [2.05, 4.69) is 5.32 Å². The van der Waals surface area contributed by atoms with E-state index in [4.69, 9.17) is 0 Å². The Balaban J connectivity index is 1.76. The number of rotatable bonds is 4. The van der Waals surface area contributed by atoms with Crippen LogP contribution in [0.5, 0.6) is 0 Å². The van der Waals surface area contributed by atoms with Gasteiger partial charge in [0.1, 0.15) is 13.1 Å². The van der Waals surface area contributed by atoms with Gasteiger partial charge in [-0.3, -0.25) is 14.4 Å². The lowest BCUT2D eigenvalue weighted by Crippen LogP contribution is -2.43. The normalized spacial score (nSPS) is 14.1. The Morgan fingerprint density at radius 3 is 2.48 bits per heavy atom. The number of likely N-dealkylation sites (N-methyl/N-ethyl adjacent to an activating group) is 1. The zero-order valence-electron chi connectivity index (χ0n) is 13.9. The average molecular weight is 337 g/mol. The second-order valence-corrected chi connectivity index (χ2v) is 5.92. The summed E-state index contributed by atoms with van der Waals surface area (Å²) in [6.07, 6.45) is 0. The number of carbonyl (C=O) groups excluding carboxylic acids is 3. The Kier molecular flexibility index (Phi) is 4.79. The molecule has 0 saturated carbocycles. The summed E-state index contributed by atoms with van der Waals surface area (Å²) in [5.41, 5.74) is 1.87. The van der Waals surface area contributed by atoms with Crippen LogP contribution in [0.4, 0.5) is 5.69 Å². The fraction of sp³-hybridized carbons (Fsp3) is 0.211. The van der Waals surface area contributed by atoms with Crippen molar-refractivity contribution in [2.45, 2.75) is 6.54 Å². The number of amides is 3. The van der Waals surface area contributed by atoms with Gasteiger partial charge >= 0.3 is 0 Å². The van der Waals surface area contributed by atoms with Crippen molar-refractivity contribution in [2.24, 2.45) is 0 Å². The predicted molar refractivity (Wildman–Crippen MR) is 94.0 cm³/mol. The second-order valence-electron chi connectivity index (χ2n) is 5.92. The van der Waals surface area contributed by atoms with Gasteiger partial charge in [0.25, 0.3) is 5.91 Å². The second kappa shape index (κ2) is 7.17. The standard InChI is InChI=1S/C19H19N3O3/c1-21-13-18(24)22(16-10-6-5-9-15(16)19(21)25)12-17(23)20-11-14-7-3-2-4-8-14/h2-10H,11-13H2,1H3,(H,20,23). The van der Waals surface area contributed by atoms with Gasteiger partial charge in [0.05, 0.1) is 11.3 Å². The van der Waals surface area contributed by atoms with Crippen molar-refractivity contribution in [3.8, 4) is 0 Å². The molecular weight excluding hydrogens is 318 g/mol. The van der Waals surface area contributed by atoms with Gasteiger partial charge in [-0.2, -0.15) is 0 Å². The summed E-state index contributed by atoms with van der Waals surface area (Å²) < 4.78 is 0. The highest BCUT2D eigenvalue weighted by Crippen LogP contribution is 2.24. The first-order valence-corrected chi connectivity index (χ1v) is 8.02. The van der Waals surface area contributed by atoms with Gasteiger partial charge in [0.15, 0.2) is 0 Å². The summed E-state index contributed by atoms with van der Waals surface area (Å²) in [5, 5.41) is 2.81. The van der Waals surface area contributed by atoms with Crippen LogP contribution >= 0.6 is 0 Å². The van der Waals surface area contributed by atoms with E-state index in [-0.39, 0.29) is 30.8 Å². The molecule has 3 rings (SSSR count). The number of para-hydroxylation sites is 1. The van der Waals surface area contributed by atoms with Crippen LogP contribution in [0.3, 0.4) is 0 Å². The molecule has 2 aromatic carbocycles. The summed E-state index contributed by atoms with van der Waals surface area (Å²) in [6, 6.07) is 16.4. The molecule has 1 heterocycles. The van der Waals surface area contributed by atoms with Crippen LogP contribution in [0.1, 0.15) is 15.9 Å². The van der Waals surface area contributed by atoms with Crippen LogP contribution in [-0.4, -0.2) is 42.8 Å². The predicted octanol–water partition coefficient (Wildman–Crippen LogP) is 1.42. The summed E-state index contributed by atoms with van der Waals surface area (Å²) >= 11 is 0. The summed E-state index contributed by atoms with van der Waals surface area (Å²) in [7, 11) is 1.58. The SMILES string of the molecule is CN1CC(=O)N(CC(=O)NCc2ccccc2)c2ccccc2C1=O. The Morgan fingerprint density at radius 2 is 1.72 bits per heavy atom. The highest BCUT2D eigenvalue weighted by molar-refractivity contribution is 6.11. The molecule has 0 bridgehead atoms. The van der Waals surface area contributed by atoms with Crippen LogP contribution in [0.15, 0.2) is 54.6 Å². The molecular formula is C19H19N3O3. The number of nitrogens with zero attached hydrogens (tertiary/aromatic N) is 2. The first-order valence-electron chi connectivity index (χ1n) is 8.02. The molecule has 1 aliphatic heterocycles. The lowest BCUT2D eigenvalue weighted by atomic mass is 10.1. The van der Waals surface area contributed by atoms with Crippen LogP contribution in [0, 0.1) is 0 Å². The highest BCUT2D eigenvalue weighted by Gasteiger charge is 2.30. The molecule has 0 aromatic heterocycles. The third-order valence-electron chi connectivity index (χ3n) is 4.08. The molecule has 6 nitrogen and oxygen atoms in total. The molecule has 0 aliphatic carbocycles. The maximum atomic E-state index is 12.5. The van der Waals surface area contributed by atoms with E-state index in [0.717, 1.165) is 5.56 Å². The molecule has 0 saturated heterocycles. The smallest absolute Gasteiger partial charge is 0.256 e. The molecule has 0 radical (unpaired) electrons. The fourth-order valence-electron chi connectivity index (χ4n) is 2.76. The van der Waals surface area contributed by atoms with Gasteiger partial charge in [0, 0.05) is 13.6 Å². The first-order chi connectivity index (χ1) is 12.1. The lowest BCUT2D eigenvalue weighted by molar-refractivity contribution is -0.124. The van der Waals surface area contributed by atoms with E-state index in [1.54, 1.807) is 31.3 Å². The third kappa shape index (κ3) is 3.68. The zero-order chi connectivity index (χ0) is 17.8. The number of nitrogens with one attached hydrogen (secondary N) is 1. The molecule has 1 N–H and O–H groups in total.